The number of ether oxygens (including phenoxy) is 1. The van der Waals surface area contributed by atoms with E-state index in [1.54, 1.807) is 7.11 Å². The zero-order valence-electron chi connectivity index (χ0n) is 5.97. The Bertz CT molecular complexity index is 69.3. The molecule has 0 bridgehead atoms. The van der Waals surface area contributed by atoms with Gasteiger partial charge in [-0.2, -0.15) is 0 Å². The van der Waals surface area contributed by atoms with Crippen LogP contribution < -0.4 is 5.73 Å². The van der Waals surface area contributed by atoms with Crippen molar-refractivity contribution in [3.63, 3.8) is 0 Å². The number of hydrogen-bond donors (Lipinski definition) is 1. The molecule has 1 atom stereocenters. The van der Waals surface area contributed by atoms with Crippen molar-refractivity contribution < 1.29 is 4.74 Å². The Hall–Kier alpha value is -0.340. The second kappa shape index (κ2) is 5.79. The molecule has 0 aliphatic carbocycles. The molecule has 0 aromatic heterocycles. The molecule has 2 N–H and O–H groups in total. The molecule has 0 fully saturated rings. The molecule has 1 unspecified atom stereocenters. The lowest BCUT2D eigenvalue weighted by Gasteiger charge is -2.09. The quantitative estimate of drug-likeness (QED) is 0.560. The molecule has 0 aromatic rings. The summed E-state index contributed by atoms with van der Waals surface area (Å²) in [4.78, 5) is 0. The maximum absolute atomic E-state index is 5.36. The molecule has 0 rings (SSSR count). The highest BCUT2D eigenvalue weighted by Crippen LogP contribution is 1.98. The predicted molar refractivity (Wildman–Crippen MR) is 39.3 cm³/mol. The maximum atomic E-state index is 5.36. The second-order valence-electron chi connectivity index (χ2n) is 1.96. The summed E-state index contributed by atoms with van der Waals surface area (Å²) in [7, 11) is 1.68. The molecule has 0 amide bonds. The molecule has 0 heterocycles. The normalized spacial score (nSPS) is 13.1. The summed E-state index contributed by atoms with van der Waals surface area (Å²) in [6.45, 7) is 4.21. The Morgan fingerprint density at radius 2 is 2.44 bits per heavy atom. The van der Waals surface area contributed by atoms with E-state index in [0.717, 1.165) is 12.8 Å². The first-order chi connectivity index (χ1) is 4.35. The Morgan fingerprint density at radius 3 is 2.78 bits per heavy atom. The largest absolute Gasteiger partial charge is 0.380 e. The van der Waals surface area contributed by atoms with Crippen molar-refractivity contribution in [3.05, 3.63) is 12.7 Å². The summed E-state index contributed by atoms with van der Waals surface area (Å²) in [5.41, 5.74) is 5.36. The van der Waals surface area contributed by atoms with Gasteiger partial charge in [0.15, 0.2) is 0 Å². The van der Waals surface area contributed by atoms with Crippen LogP contribution in [-0.4, -0.2) is 19.8 Å². The third-order valence-corrected chi connectivity index (χ3v) is 1.29. The van der Waals surface area contributed by atoms with Crippen LogP contribution in [0.15, 0.2) is 12.7 Å². The summed E-state index contributed by atoms with van der Waals surface area (Å²) in [5, 5.41) is 0. The lowest BCUT2D eigenvalue weighted by Crippen LogP contribution is -2.21. The Kier molecular flexibility index (Phi) is 5.57. The smallest absolute Gasteiger partial charge is 0.0696 e. The monoisotopic (exact) mass is 129 g/mol. The van der Waals surface area contributed by atoms with E-state index in [-0.39, 0.29) is 6.10 Å². The Balaban J connectivity index is 3.19. The van der Waals surface area contributed by atoms with E-state index in [1.165, 1.54) is 0 Å². The Morgan fingerprint density at radius 1 is 1.78 bits per heavy atom. The number of methoxy groups -OCH3 is 1. The Labute approximate surface area is 56.7 Å². The SMILES string of the molecule is C=CCCC(CN)OC. The molecule has 0 aromatic carbocycles. The van der Waals surface area contributed by atoms with Gasteiger partial charge in [-0.3, -0.25) is 0 Å². The van der Waals surface area contributed by atoms with Crippen LogP contribution in [0.3, 0.4) is 0 Å². The zero-order chi connectivity index (χ0) is 7.11. The molecule has 0 aliphatic rings. The molecule has 0 saturated carbocycles. The summed E-state index contributed by atoms with van der Waals surface area (Å²) in [6, 6.07) is 0. The van der Waals surface area contributed by atoms with Gasteiger partial charge in [-0.15, -0.1) is 6.58 Å². The third-order valence-electron chi connectivity index (χ3n) is 1.29. The van der Waals surface area contributed by atoms with Crippen LogP contribution in [0.5, 0.6) is 0 Å². The van der Waals surface area contributed by atoms with Gasteiger partial charge in [-0.1, -0.05) is 6.08 Å². The van der Waals surface area contributed by atoms with E-state index in [0.29, 0.717) is 6.54 Å². The highest BCUT2D eigenvalue weighted by Gasteiger charge is 2.00. The van der Waals surface area contributed by atoms with Gasteiger partial charge in [-0.25, -0.2) is 0 Å². The molecule has 0 spiro atoms. The fourth-order valence-corrected chi connectivity index (χ4v) is 0.636. The molecule has 0 radical (unpaired) electrons. The minimum absolute atomic E-state index is 0.211. The molecule has 2 nitrogen and oxygen atoms in total. The molecular formula is C7H15NO. The van der Waals surface area contributed by atoms with Gasteiger partial charge < -0.3 is 10.5 Å². The van der Waals surface area contributed by atoms with Gasteiger partial charge in [0.2, 0.25) is 0 Å². The van der Waals surface area contributed by atoms with Crippen LogP contribution in [0.1, 0.15) is 12.8 Å². The van der Waals surface area contributed by atoms with E-state index < -0.39 is 0 Å². The molecule has 54 valence electrons. The minimum atomic E-state index is 0.211. The molecular weight excluding hydrogens is 114 g/mol. The number of rotatable bonds is 5. The summed E-state index contributed by atoms with van der Waals surface area (Å²) < 4.78 is 5.03. The molecule has 0 saturated heterocycles. The molecule has 9 heavy (non-hydrogen) atoms. The van der Waals surface area contributed by atoms with Crippen LogP contribution in [0.25, 0.3) is 0 Å². The van der Waals surface area contributed by atoms with Crippen LogP contribution in [0, 0.1) is 0 Å². The van der Waals surface area contributed by atoms with Crippen molar-refractivity contribution in [2.75, 3.05) is 13.7 Å². The van der Waals surface area contributed by atoms with Crippen LogP contribution in [-0.2, 0) is 4.74 Å². The maximum Gasteiger partial charge on any atom is 0.0696 e. The standard InChI is InChI=1S/C7H15NO/c1-3-4-5-7(6-8)9-2/h3,7H,1,4-6,8H2,2H3. The first-order valence-electron chi connectivity index (χ1n) is 3.19. The number of nitrogens with two attached hydrogens (primary N) is 1. The van der Waals surface area contributed by atoms with Crippen LogP contribution in [0.2, 0.25) is 0 Å². The van der Waals surface area contributed by atoms with E-state index >= 15 is 0 Å². The predicted octanol–water partition coefficient (Wildman–Crippen LogP) is 0.926. The van der Waals surface area contributed by atoms with Crippen molar-refractivity contribution in [1.29, 1.82) is 0 Å². The lowest BCUT2D eigenvalue weighted by molar-refractivity contribution is 0.103. The topological polar surface area (TPSA) is 35.2 Å². The number of hydrogen-bond acceptors (Lipinski definition) is 2. The minimum Gasteiger partial charge on any atom is -0.380 e. The summed E-state index contributed by atoms with van der Waals surface area (Å²) >= 11 is 0. The van der Waals surface area contributed by atoms with Gasteiger partial charge in [0.05, 0.1) is 6.10 Å². The van der Waals surface area contributed by atoms with Gasteiger partial charge in [0.1, 0.15) is 0 Å². The lowest BCUT2D eigenvalue weighted by atomic mass is 10.2. The van der Waals surface area contributed by atoms with Gasteiger partial charge in [0.25, 0.3) is 0 Å². The second-order valence-corrected chi connectivity index (χ2v) is 1.96. The van der Waals surface area contributed by atoms with Gasteiger partial charge in [-0.05, 0) is 12.8 Å². The average Bonchev–Trinajstić information content (AvgIpc) is 1.91. The van der Waals surface area contributed by atoms with Crippen molar-refractivity contribution in [3.8, 4) is 0 Å². The average molecular weight is 129 g/mol. The summed E-state index contributed by atoms with van der Waals surface area (Å²) in [5.74, 6) is 0. The first-order valence-corrected chi connectivity index (χ1v) is 3.19. The number of allylic oxidation sites excluding steroid dienone is 1. The van der Waals surface area contributed by atoms with Crippen molar-refractivity contribution in [2.24, 2.45) is 5.73 Å². The van der Waals surface area contributed by atoms with Gasteiger partial charge in [0, 0.05) is 13.7 Å². The highest BCUT2D eigenvalue weighted by atomic mass is 16.5. The van der Waals surface area contributed by atoms with Gasteiger partial charge >= 0.3 is 0 Å². The van der Waals surface area contributed by atoms with Crippen LogP contribution >= 0.6 is 0 Å². The summed E-state index contributed by atoms with van der Waals surface area (Å²) in [6.07, 6.45) is 4.05. The van der Waals surface area contributed by atoms with E-state index in [2.05, 4.69) is 6.58 Å². The zero-order valence-corrected chi connectivity index (χ0v) is 5.97. The molecule has 2 heteroatoms. The third kappa shape index (κ3) is 4.18. The van der Waals surface area contributed by atoms with E-state index in [4.69, 9.17) is 10.5 Å². The van der Waals surface area contributed by atoms with E-state index in [9.17, 15) is 0 Å². The molecule has 0 aliphatic heterocycles. The van der Waals surface area contributed by atoms with Crippen molar-refractivity contribution in [2.45, 2.75) is 18.9 Å². The first kappa shape index (κ1) is 8.66. The highest BCUT2D eigenvalue weighted by molar-refractivity contribution is 4.69. The fourth-order valence-electron chi connectivity index (χ4n) is 0.636. The van der Waals surface area contributed by atoms with Crippen LogP contribution in [0.4, 0.5) is 0 Å². The van der Waals surface area contributed by atoms with Crippen molar-refractivity contribution in [1.82, 2.24) is 0 Å². The van der Waals surface area contributed by atoms with Crippen molar-refractivity contribution >= 4 is 0 Å². The fraction of sp³-hybridized carbons (Fsp3) is 0.714. The van der Waals surface area contributed by atoms with E-state index in [1.807, 2.05) is 6.08 Å².